The molecule has 1 aliphatic rings. The van der Waals surface area contributed by atoms with Gasteiger partial charge in [0.2, 0.25) is 0 Å². The van der Waals surface area contributed by atoms with E-state index in [1.54, 1.807) is 6.20 Å². The van der Waals surface area contributed by atoms with E-state index in [2.05, 4.69) is 15.5 Å². The van der Waals surface area contributed by atoms with Gasteiger partial charge in [-0.1, -0.05) is 19.0 Å². The van der Waals surface area contributed by atoms with Crippen LogP contribution in [0.15, 0.2) is 22.2 Å². The SMILES string of the molecule is Cc1cc([C@@H]2C[C@@](CC(C)C)(C(=O)O)N[C@H]2c2nccs2)on1. The second kappa shape index (κ2) is 6.05. The van der Waals surface area contributed by atoms with E-state index in [-0.39, 0.29) is 17.9 Å². The van der Waals surface area contributed by atoms with Crippen molar-refractivity contribution in [3.8, 4) is 0 Å². The molecule has 2 N–H and O–H groups in total. The Morgan fingerprint density at radius 3 is 2.91 bits per heavy atom. The lowest BCUT2D eigenvalue weighted by Gasteiger charge is -2.27. The number of aryl methyl sites for hydroxylation is 1. The molecule has 0 bridgehead atoms. The van der Waals surface area contributed by atoms with Gasteiger partial charge < -0.3 is 9.63 Å². The first-order valence-electron chi connectivity index (χ1n) is 7.75. The summed E-state index contributed by atoms with van der Waals surface area (Å²) in [5.41, 5.74) is -0.162. The molecule has 1 saturated heterocycles. The van der Waals surface area contributed by atoms with Crippen molar-refractivity contribution in [3.05, 3.63) is 34.1 Å². The highest BCUT2D eigenvalue weighted by Crippen LogP contribution is 2.47. The molecule has 2 aromatic heterocycles. The minimum absolute atomic E-state index is 0.0859. The zero-order valence-electron chi connectivity index (χ0n) is 13.4. The lowest BCUT2D eigenvalue weighted by molar-refractivity contribution is -0.145. The van der Waals surface area contributed by atoms with Crippen LogP contribution in [0.2, 0.25) is 0 Å². The van der Waals surface area contributed by atoms with Crippen LogP contribution in [0, 0.1) is 12.8 Å². The summed E-state index contributed by atoms with van der Waals surface area (Å²) in [5, 5.41) is 20.0. The van der Waals surface area contributed by atoms with Crippen molar-refractivity contribution in [2.75, 3.05) is 0 Å². The summed E-state index contributed by atoms with van der Waals surface area (Å²) in [7, 11) is 0. The minimum Gasteiger partial charge on any atom is -0.480 e. The Balaban J connectivity index is 2.00. The van der Waals surface area contributed by atoms with Crippen LogP contribution in [0.5, 0.6) is 0 Å². The van der Waals surface area contributed by atoms with Gasteiger partial charge in [0, 0.05) is 23.6 Å². The maximum Gasteiger partial charge on any atom is 0.323 e. The Morgan fingerprint density at radius 1 is 1.61 bits per heavy atom. The number of aromatic nitrogens is 2. The van der Waals surface area contributed by atoms with Crippen molar-refractivity contribution in [1.82, 2.24) is 15.5 Å². The largest absolute Gasteiger partial charge is 0.480 e. The summed E-state index contributed by atoms with van der Waals surface area (Å²) < 4.78 is 5.45. The molecular weight excluding hydrogens is 314 g/mol. The number of carboxylic acids is 1. The van der Waals surface area contributed by atoms with E-state index in [4.69, 9.17) is 4.52 Å². The van der Waals surface area contributed by atoms with Crippen molar-refractivity contribution in [1.29, 1.82) is 0 Å². The normalized spacial score (nSPS) is 27.7. The van der Waals surface area contributed by atoms with E-state index in [0.717, 1.165) is 16.5 Å². The van der Waals surface area contributed by atoms with Gasteiger partial charge >= 0.3 is 5.97 Å². The Bertz CT molecular complexity index is 683. The van der Waals surface area contributed by atoms with Gasteiger partial charge in [0.05, 0.1) is 11.7 Å². The van der Waals surface area contributed by atoms with Crippen LogP contribution in [0.25, 0.3) is 0 Å². The number of carboxylic acid groups (broad SMARTS) is 1. The van der Waals surface area contributed by atoms with Gasteiger partial charge in [-0.25, -0.2) is 4.98 Å². The molecule has 0 saturated carbocycles. The van der Waals surface area contributed by atoms with Crippen molar-refractivity contribution >= 4 is 17.3 Å². The third-order valence-electron chi connectivity index (χ3n) is 4.30. The molecule has 0 amide bonds. The fourth-order valence-electron chi connectivity index (χ4n) is 3.47. The first-order valence-corrected chi connectivity index (χ1v) is 8.63. The van der Waals surface area contributed by atoms with Gasteiger partial charge in [0.1, 0.15) is 16.3 Å². The van der Waals surface area contributed by atoms with Crippen LogP contribution < -0.4 is 5.32 Å². The molecule has 2 aromatic rings. The molecule has 3 heterocycles. The third kappa shape index (κ3) is 3.03. The predicted octanol–water partition coefficient (Wildman–Crippen LogP) is 3.13. The number of nitrogens with one attached hydrogen (secondary N) is 1. The Kier molecular flexibility index (Phi) is 4.25. The molecule has 1 fully saturated rings. The highest BCUT2D eigenvalue weighted by atomic mass is 32.1. The molecule has 23 heavy (non-hydrogen) atoms. The van der Waals surface area contributed by atoms with E-state index in [1.165, 1.54) is 11.3 Å². The van der Waals surface area contributed by atoms with Crippen LogP contribution in [0.1, 0.15) is 55.1 Å². The highest BCUT2D eigenvalue weighted by molar-refractivity contribution is 7.09. The molecule has 3 rings (SSSR count). The molecule has 0 aromatic carbocycles. The zero-order valence-corrected chi connectivity index (χ0v) is 14.3. The first kappa shape index (κ1) is 16.1. The fourth-order valence-corrected chi connectivity index (χ4v) is 4.22. The summed E-state index contributed by atoms with van der Waals surface area (Å²) in [6.07, 6.45) is 2.78. The molecule has 7 heteroatoms. The van der Waals surface area contributed by atoms with Gasteiger partial charge in [-0.05, 0) is 25.7 Å². The predicted molar refractivity (Wildman–Crippen MR) is 86.4 cm³/mol. The van der Waals surface area contributed by atoms with Crippen molar-refractivity contribution in [2.24, 2.45) is 5.92 Å². The van der Waals surface area contributed by atoms with Crippen molar-refractivity contribution in [2.45, 2.75) is 51.1 Å². The molecule has 0 unspecified atom stereocenters. The topological polar surface area (TPSA) is 88.2 Å². The molecule has 1 aliphatic heterocycles. The number of rotatable bonds is 5. The molecule has 0 radical (unpaired) electrons. The lowest BCUT2D eigenvalue weighted by Crippen LogP contribution is -2.49. The molecule has 0 spiro atoms. The van der Waals surface area contributed by atoms with Crippen LogP contribution in [-0.4, -0.2) is 26.8 Å². The van der Waals surface area contributed by atoms with E-state index >= 15 is 0 Å². The van der Waals surface area contributed by atoms with Crippen LogP contribution >= 0.6 is 11.3 Å². The molecule has 3 atom stereocenters. The van der Waals surface area contributed by atoms with E-state index in [0.29, 0.717) is 12.8 Å². The third-order valence-corrected chi connectivity index (χ3v) is 5.16. The van der Waals surface area contributed by atoms with E-state index in [9.17, 15) is 9.90 Å². The Labute approximate surface area is 138 Å². The number of hydrogen-bond donors (Lipinski definition) is 2. The summed E-state index contributed by atoms with van der Waals surface area (Å²) >= 11 is 1.53. The van der Waals surface area contributed by atoms with Gasteiger partial charge in [0.25, 0.3) is 0 Å². The second-order valence-electron chi connectivity index (χ2n) is 6.66. The molecule has 124 valence electrons. The molecular formula is C16H21N3O3S. The number of aliphatic carboxylic acids is 1. The maximum atomic E-state index is 12.0. The number of nitrogens with zero attached hydrogens (tertiary/aromatic N) is 2. The number of thiazole rings is 1. The smallest absolute Gasteiger partial charge is 0.323 e. The molecule has 0 aliphatic carbocycles. The highest BCUT2D eigenvalue weighted by Gasteiger charge is 2.52. The van der Waals surface area contributed by atoms with Crippen LogP contribution in [-0.2, 0) is 4.79 Å². The first-order chi connectivity index (χ1) is 10.9. The fraction of sp³-hybridized carbons (Fsp3) is 0.562. The number of hydrogen-bond acceptors (Lipinski definition) is 6. The summed E-state index contributed by atoms with van der Waals surface area (Å²) in [4.78, 5) is 16.4. The van der Waals surface area contributed by atoms with Crippen molar-refractivity contribution in [3.63, 3.8) is 0 Å². The maximum absolute atomic E-state index is 12.0. The Hall–Kier alpha value is -1.73. The van der Waals surface area contributed by atoms with E-state index in [1.807, 2.05) is 32.2 Å². The summed E-state index contributed by atoms with van der Waals surface area (Å²) in [6, 6.07) is 1.72. The zero-order chi connectivity index (χ0) is 16.6. The van der Waals surface area contributed by atoms with Gasteiger partial charge in [-0.3, -0.25) is 10.1 Å². The summed E-state index contributed by atoms with van der Waals surface area (Å²) in [5.74, 6) is 0.0940. The summed E-state index contributed by atoms with van der Waals surface area (Å²) in [6.45, 7) is 5.94. The molecule has 6 nitrogen and oxygen atoms in total. The van der Waals surface area contributed by atoms with Gasteiger partial charge in [-0.2, -0.15) is 0 Å². The quantitative estimate of drug-likeness (QED) is 0.873. The van der Waals surface area contributed by atoms with E-state index < -0.39 is 11.5 Å². The monoisotopic (exact) mass is 335 g/mol. The van der Waals surface area contributed by atoms with Crippen LogP contribution in [0.4, 0.5) is 0 Å². The van der Waals surface area contributed by atoms with Crippen molar-refractivity contribution < 1.29 is 14.4 Å². The Morgan fingerprint density at radius 2 is 2.39 bits per heavy atom. The van der Waals surface area contributed by atoms with Gasteiger partial charge in [0.15, 0.2) is 0 Å². The standard InChI is InChI=1S/C16H21N3O3S/c1-9(2)7-16(15(20)21)8-11(12-6-10(3)19-22-12)13(18-16)14-17-4-5-23-14/h4-6,9,11,13,18H,7-8H2,1-3H3,(H,20,21)/t11-,13+,16-/m0/s1. The average Bonchev–Trinajstić information content (AvgIpc) is 3.16. The minimum atomic E-state index is -0.962. The van der Waals surface area contributed by atoms with Gasteiger partial charge in [-0.15, -0.1) is 11.3 Å². The number of carbonyl (C=O) groups is 1. The van der Waals surface area contributed by atoms with Crippen LogP contribution in [0.3, 0.4) is 0 Å². The second-order valence-corrected chi connectivity index (χ2v) is 7.59. The average molecular weight is 335 g/mol. The lowest BCUT2D eigenvalue weighted by atomic mass is 9.83.